The van der Waals surface area contributed by atoms with Gasteiger partial charge in [-0.05, 0) is 45.8 Å². The number of hydrogen-bond donors (Lipinski definition) is 0. The summed E-state index contributed by atoms with van der Waals surface area (Å²) in [6, 6.07) is 0. The van der Waals surface area contributed by atoms with Crippen molar-refractivity contribution in [2.45, 2.75) is 59.6 Å². The van der Waals surface area contributed by atoms with Gasteiger partial charge in [0.2, 0.25) is 16.6 Å². The highest BCUT2D eigenvalue weighted by Gasteiger charge is 2.30. The maximum Gasteiger partial charge on any atom is 0.241 e. The number of nitrogens with zero attached hydrogens (tertiary/aromatic N) is 1. The van der Waals surface area contributed by atoms with Crippen molar-refractivity contribution in [2.75, 3.05) is 19.6 Å². The molecule has 1 atom stereocenters. The molecule has 0 saturated carbocycles. The van der Waals surface area contributed by atoms with Gasteiger partial charge in [0, 0.05) is 25.4 Å². The smallest absolute Gasteiger partial charge is 0.241 e. The highest BCUT2D eigenvalue weighted by Crippen LogP contribution is 2.30. The first kappa shape index (κ1) is 17.8. The zero-order valence-electron chi connectivity index (χ0n) is 14.7. The first-order valence-corrected chi connectivity index (χ1v) is 14.7. The topological polar surface area (TPSA) is 21.7 Å². The average molecular weight is 316 g/mol. The lowest BCUT2D eigenvalue weighted by Crippen LogP contribution is -2.32. The van der Waals surface area contributed by atoms with E-state index in [1.807, 2.05) is 0 Å². The van der Waals surface area contributed by atoms with Crippen LogP contribution in [-0.2, 0) is 8.85 Å². The summed E-state index contributed by atoms with van der Waals surface area (Å²) in [6.07, 6.45) is 0.988. The molecule has 1 unspecified atom stereocenters. The Morgan fingerprint density at radius 1 is 1.05 bits per heavy atom. The molecule has 1 aliphatic heterocycles. The molecule has 0 aromatic rings. The Labute approximate surface area is 127 Å². The van der Waals surface area contributed by atoms with Crippen LogP contribution in [0.3, 0.4) is 0 Å². The van der Waals surface area contributed by atoms with Gasteiger partial charge in [-0.3, -0.25) is 0 Å². The number of rotatable bonds is 5. The molecule has 3 nitrogen and oxygen atoms in total. The van der Waals surface area contributed by atoms with E-state index in [0.29, 0.717) is 5.92 Å². The Balaban J connectivity index is 3.04. The van der Waals surface area contributed by atoms with Crippen LogP contribution in [0.4, 0.5) is 0 Å². The lowest BCUT2D eigenvalue weighted by molar-refractivity contribution is 0.249. The average Bonchev–Trinajstić information content (AvgIpc) is 2.38. The molecule has 0 saturated heterocycles. The van der Waals surface area contributed by atoms with Crippen molar-refractivity contribution in [1.82, 2.24) is 4.90 Å². The zero-order chi connectivity index (χ0) is 15.6. The maximum absolute atomic E-state index is 6.41. The van der Waals surface area contributed by atoms with E-state index in [-0.39, 0.29) is 0 Å². The van der Waals surface area contributed by atoms with E-state index in [1.165, 1.54) is 0 Å². The van der Waals surface area contributed by atoms with Gasteiger partial charge in [0.05, 0.1) is 0 Å². The Kier molecular flexibility index (Phi) is 5.93. The van der Waals surface area contributed by atoms with Crippen LogP contribution in [0.2, 0.25) is 39.3 Å². The summed E-state index contributed by atoms with van der Waals surface area (Å²) in [7, 11) is -3.19. The largest absolute Gasteiger partial charge is 0.545 e. The van der Waals surface area contributed by atoms with Crippen molar-refractivity contribution in [2.24, 2.45) is 5.92 Å². The van der Waals surface area contributed by atoms with Crippen LogP contribution in [0.15, 0.2) is 11.5 Å². The fourth-order valence-electron chi connectivity index (χ4n) is 2.46. The highest BCUT2D eigenvalue weighted by atomic mass is 28.4. The first-order valence-electron chi connectivity index (χ1n) is 7.85. The van der Waals surface area contributed by atoms with Gasteiger partial charge < -0.3 is 13.8 Å². The van der Waals surface area contributed by atoms with E-state index in [0.717, 1.165) is 37.6 Å². The lowest BCUT2D eigenvalue weighted by atomic mass is 10.1. The predicted molar refractivity (Wildman–Crippen MR) is 91.8 cm³/mol. The molecule has 20 heavy (non-hydrogen) atoms. The molecule has 0 aromatic carbocycles. The van der Waals surface area contributed by atoms with Crippen molar-refractivity contribution >= 4 is 16.6 Å². The molecule has 118 valence electrons. The quantitative estimate of drug-likeness (QED) is 0.707. The van der Waals surface area contributed by atoms with E-state index in [1.54, 1.807) is 0 Å². The molecule has 0 radical (unpaired) electrons. The van der Waals surface area contributed by atoms with Crippen molar-refractivity contribution in [3.63, 3.8) is 0 Å². The van der Waals surface area contributed by atoms with Crippen LogP contribution in [0.25, 0.3) is 0 Å². The minimum atomic E-state index is -1.60. The molecule has 0 spiro atoms. The van der Waals surface area contributed by atoms with Gasteiger partial charge in [-0.25, -0.2) is 0 Å². The summed E-state index contributed by atoms with van der Waals surface area (Å²) in [6.45, 7) is 21.3. The Hall–Kier alpha value is -0.266. The summed E-state index contributed by atoms with van der Waals surface area (Å²) >= 11 is 0. The van der Waals surface area contributed by atoms with Crippen molar-refractivity contribution in [3.8, 4) is 0 Å². The van der Waals surface area contributed by atoms with Crippen molar-refractivity contribution in [3.05, 3.63) is 11.5 Å². The molecule has 5 heteroatoms. The fraction of sp³-hybridized carbons (Fsp3) is 0.867. The predicted octanol–water partition coefficient (Wildman–Crippen LogP) is 4.26. The third-order valence-electron chi connectivity index (χ3n) is 3.20. The van der Waals surface area contributed by atoms with Gasteiger partial charge in [-0.15, -0.1) is 0 Å². The van der Waals surface area contributed by atoms with Gasteiger partial charge in [0.15, 0.2) is 0 Å². The second-order valence-corrected chi connectivity index (χ2v) is 16.6. The first-order chi connectivity index (χ1) is 9.02. The molecular formula is C15H33NO2Si2. The molecule has 0 aromatic heterocycles. The van der Waals surface area contributed by atoms with Gasteiger partial charge in [0.1, 0.15) is 11.5 Å². The Bertz CT molecular complexity index is 356. The van der Waals surface area contributed by atoms with E-state index < -0.39 is 16.6 Å². The summed E-state index contributed by atoms with van der Waals surface area (Å²) in [5, 5.41) is 0. The van der Waals surface area contributed by atoms with Crippen LogP contribution in [0, 0.1) is 5.92 Å². The molecule has 1 aliphatic rings. The maximum atomic E-state index is 6.41. The van der Waals surface area contributed by atoms with Crippen molar-refractivity contribution < 1.29 is 8.85 Å². The second-order valence-electron chi connectivity index (χ2n) is 7.76. The molecule has 0 N–H and O–H groups in total. The molecule has 0 aliphatic carbocycles. The number of hydrogen-bond acceptors (Lipinski definition) is 3. The normalized spacial score (nSPS) is 22.7. The summed E-state index contributed by atoms with van der Waals surface area (Å²) in [5.74, 6) is 2.70. The summed E-state index contributed by atoms with van der Waals surface area (Å²) in [4.78, 5) is 2.50. The lowest BCUT2D eigenvalue weighted by Gasteiger charge is -2.30. The summed E-state index contributed by atoms with van der Waals surface area (Å²) < 4.78 is 12.8. The third kappa shape index (κ3) is 6.01. The molecule has 1 heterocycles. The molecule has 1 rings (SSSR count). The molecular weight excluding hydrogens is 282 g/mol. The second kappa shape index (κ2) is 6.66. The van der Waals surface area contributed by atoms with Gasteiger partial charge in [-0.2, -0.15) is 0 Å². The van der Waals surface area contributed by atoms with Gasteiger partial charge in [0.25, 0.3) is 0 Å². The Morgan fingerprint density at radius 2 is 1.60 bits per heavy atom. The third-order valence-corrected chi connectivity index (χ3v) is 4.89. The van der Waals surface area contributed by atoms with Crippen molar-refractivity contribution in [1.29, 1.82) is 0 Å². The van der Waals surface area contributed by atoms with Crippen LogP contribution >= 0.6 is 0 Å². The van der Waals surface area contributed by atoms with E-state index in [9.17, 15) is 0 Å². The zero-order valence-corrected chi connectivity index (χ0v) is 16.7. The van der Waals surface area contributed by atoms with E-state index in [4.69, 9.17) is 8.85 Å². The van der Waals surface area contributed by atoms with E-state index in [2.05, 4.69) is 58.0 Å². The fourth-order valence-corrected chi connectivity index (χ4v) is 4.38. The van der Waals surface area contributed by atoms with Gasteiger partial charge in [-0.1, -0.05) is 13.8 Å². The molecule has 0 amide bonds. The summed E-state index contributed by atoms with van der Waals surface area (Å²) in [5.41, 5.74) is 0. The van der Waals surface area contributed by atoms with Crippen LogP contribution < -0.4 is 0 Å². The SMILES string of the molecule is CCN1CCC(O[Si](C)(C)C)=C(O[Si](C)(C)C)C(C)C1. The Morgan fingerprint density at radius 3 is 2.05 bits per heavy atom. The minimum absolute atomic E-state index is 0.426. The van der Waals surface area contributed by atoms with Crippen LogP contribution in [0.1, 0.15) is 20.3 Å². The molecule has 0 fully saturated rings. The van der Waals surface area contributed by atoms with E-state index >= 15 is 0 Å². The van der Waals surface area contributed by atoms with Crippen LogP contribution in [-0.4, -0.2) is 41.2 Å². The van der Waals surface area contributed by atoms with Gasteiger partial charge >= 0.3 is 0 Å². The monoisotopic (exact) mass is 315 g/mol. The standard InChI is InChI=1S/C15H33NO2Si2/c1-9-16-11-10-14(17-19(3,4)5)15(13(2)12-16)18-20(6,7)8/h13H,9-12H2,1-8H3. The van der Waals surface area contributed by atoms with Crippen LogP contribution in [0.5, 0.6) is 0 Å². The minimum Gasteiger partial charge on any atom is -0.545 e. The molecule has 0 bridgehead atoms. The highest BCUT2D eigenvalue weighted by molar-refractivity contribution is 6.70.